The maximum absolute atomic E-state index is 10.6. The van der Waals surface area contributed by atoms with E-state index in [0.717, 1.165) is 9.61 Å². The van der Waals surface area contributed by atoms with Crippen LogP contribution >= 0.6 is 27.3 Å². The van der Waals surface area contributed by atoms with Crippen molar-refractivity contribution in [3.05, 3.63) is 15.0 Å². The quantitative estimate of drug-likeness (QED) is 0.913. The van der Waals surface area contributed by atoms with Crippen LogP contribution in [0.3, 0.4) is 0 Å². The molecule has 0 unspecified atom stereocenters. The van der Waals surface area contributed by atoms with E-state index in [4.69, 9.17) is 5.11 Å². The third kappa shape index (κ3) is 2.77. The van der Waals surface area contributed by atoms with Gasteiger partial charge in [0.25, 0.3) is 0 Å². The van der Waals surface area contributed by atoms with Gasteiger partial charge in [-0.15, -0.1) is 11.3 Å². The molecule has 72 valence electrons. The lowest BCUT2D eigenvalue weighted by Crippen LogP contribution is -2.21. The van der Waals surface area contributed by atoms with Crippen molar-refractivity contribution >= 4 is 33.2 Å². The Kier molecular flexibility index (Phi) is 3.08. The van der Waals surface area contributed by atoms with Gasteiger partial charge in [0.15, 0.2) is 3.92 Å². The van der Waals surface area contributed by atoms with Crippen molar-refractivity contribution in [3.8, 4) is 0 Å². The molecular formula is C8H10BrNO2S. The van der Waals surface area contributed by atoms with Crippen LogP contribution in [0.1, 0.15) is 26.0 Å². The zero-order chi connectivity index (χ0) is 10.1. The number of hydrogen-bond donors (Lipinski definition) is 1. The topological polar surface area (TPSA) is 50.2 Å². The zero-order valence-corrected chi connectivity index (χ0v) is 9.78. The summed E-state index contributed by atoms with van der Waals surface area (Å²) in [5.41, 5.74) is 0.431. The second-order valence-electron chi connectivity index (χ2n) is 3.44. The number of carbonyl (C=O) groups is 1. The molecule has 0 saturated heterocycles. The molecule has 1 N–H and O–H groups in total. The van der Waals surface area contributed by atoms with Crippen molar-refractivity contribution in [2.24, 2.45) is 0 Å². The molecule has 0 aromatic carbocycles. The minimum Gasteiger partial charge on any atom is -0.481 e. The minimum atomic E-state index is -0.797. The van der Waals surface area contributed by atoms with Gasteiger partial charge in [0.05, 0.1) is 12.1 Å². The van der Waals surface area contributed by atoms with Gasteiger partial charge in [0, 0.05) is 10.8 Å². The fourth-order valence-electron chi connectivity index (χ4n) is 1.03. The van der Waals surface area contributed by atoms with Crippen LogP contribution in [0, 0.1) is 0 Å². The van der Waals surface area contributed by atoms with Crippen molar-refractivity contribution in [3.63, 3.8) is 0 Å². The molecule has 0 atom stereocenters. The Labute approximate surface area is 88.9 Å². The van der Waals surface area contributed by atoms with Gasteiger partial charge < -0.3 is 5.11 Å². The molecule has 0 saturated carbocycles. The molecule has 0 aliphatic carbocycles. The van der Waals surface area contributed by atoms with Crippen LogP contribution in [0.2, 0.25) is 0 Å². The standard InChI is InChI=1S/C8H10BrNO2S/c1-8(2,3-6(11)12)5-4-13-7(9)10-5/h4H,3H2,1-2H3,(H,11,12). The van der Waals surface area contributed by atoms with Gasteiger partial charge in [-0.1, -0.05) is 13.8 Å². The number of aliphatic carboxylic acids is 1. The number of nitrogens with zero attached hydrogens (tertiary/aromatic N) is 1. The molecule has 1 heterocycles. The fourth-order valence-corrected chi connectivity index (χ4v) is 2.23. The molecule has 3 nitrogen and oxygen atoms in total. The van der Waals surface area contributed by atoms with E-state index >= 15 is 0 Å². The fraction of sp³-hybridized carbons (Fsp3) is 0.500. The number of carboxylic acids is 1. The first-order chi connectivity index (χ1) is 5.92. The summed E-state index contributed by atoms with van der Waals surface area (Å²) in [6.07, 6.45) is 0.100. The summed E-state index contributed by atoms with van der Waals surface area (Å²) in [6.45, 7) is 3.76. The summed E-state index contributed by atoms with van der Waals surface area (Å²) in [7, 11) is 0. The van der Waals surface area contributed by atoms with Crippen LogP contribution in [0.25, 0.3) is 0 Å². The lowest BCUT2D eigenvalue weighted by atomic mass is 9.86. The Hall–Kier alpha value is -0.420. The molecule has 0 aliphatic heterocycles. The molecule has 0 bridgehead atoms. The third-order valence-corrected chi connectivity index (χ3v) is 3.13. The predicted molar refractivity (Wildman–Crippen MR) is 55.1 cm³/mol. The first-order valence-corrected chi connectivity index (χ1v) is 5.42. The highest BCUT2D eigenvalue weighted by Crippen LogP contribution is 2.29. The Morgan fingerprint density at radius 3 is 2.77 bits per heavy atom. The molecule has 0 fully saturated rings. The lowest BCUT2D eigenvalue weighted by molar-refractivity contribution is -0.138. The number of rotatable bonds is 3. The summed E-state index contributed by atoms with van der Waals surface area (Å²) < 4.78 is 0.793. The summed E-state index contributed by atoms with van der Waals surface area (Å²) in [5, 5.41) is 10.6. The van der Waals surface area contributed by atoms with Crippen molar-refractivity contribution in [2.45, 2.75) is 25.7 Å². The number of aromatic nitrogens is 1. The third-order valence-electron chi connectivity index (χ3n) is 1.76. The summed E-state index contributed by atoms with van der Waals surface area (Å²) in [6, 6.07) is 0. The molecule has 0 spiro atoms. The zero-order valence-electron chi connectivity index (χ0n) is 7.37. The summed E-state index contributed by atoms with van der Waals surface area (Å²) in [5.74, 6) is -0.797. The van der Waals surface area contributed by atoms with E-state index in [2.05, 4.69) is 20.9 Å². The molecule has 0 amide bonds. The van der Waals surface area contributed by atoms with Crippen LogP contribution in [0.4, 0.5) is 0 Å². The highest BCUT2D eigenvalue weighted by atomic mass is 79.9. The highest BCUT2D eigenvalue weighted by Gasteiger charge is 2.26. The minimum absolute atomic E-state index is 0.100. The second kappa shape index (κ2) is 3.75. The van der Waals surface area contributed by atoms with Crippen LogP contribution < -0.4 is 0 Å². The van der Waals surface area contributed by atoms with E-state index in [9.17, 15) is 4.79 Å². The van der Waals surface area contributed by atoms with Gasteiger partial charge in [0.2, 0.25) is 0 Å². The Balaban J connectivity index is 2.86. The van der Waals surface area contributed by atoms with Gasteiger partial charge in [-0.3, -0.25) is 4.79 Å². The van der Waals surface area contributed by atoms with Gasteiger partial charge in [-0.25, -0.2) is 4.98 Å². The number of carboxylic acid groups (broad SMARTS) is 1. The van der Waals surface area contributed by atoms with Crippen LogP contribution in [-0.2, 0) is 10.2 Å². The normalized spacial score (nSPS) is 11.6. The van der Waals surface area contributed by atoms with Gasteiger partial charge >= 0.3 is 5.97 Å². The number of halogens is 1. The van der Waals surface area contributed by atoms with Crippen LogP contribution in [0.15, 0.2) is 9.30 Å². The maximum Gasteiger partial charge on any atom is 0.304 e. The van der Waals surface area contributed by atoms with E-state index in [-0.39, 0.29) is 6.42 Å². The molecule has 13 heavy (non-hydrogen) atoms. The molecule has 1 aromatic rings. The molecule has 0 aliphatic rings. The van der Waals surface area contributed by atoms with E-state index in [0.29, 0.717) is 0 Å². The molecule has 5 heteroatoms. The van der Waals surface area contributed by atoms with Gasteiger partial charge in [-0.2, -0.15) is 0 Å². The molecule has 0 radical (unpaired) electrons. The SMILES string of the molecule is CC(C)(CC(=O)O)c1csc(Br)n1. The Morgan fingerprint density at radius 1 is 1.77 bits per heavy atom. The van der Waals surface area contributed by atoms with E-state index < -0.39 is 11.4 Å². The average Bonchev–Trinajstić information content (AvgIpc) is 2.32. The van der Waals surface area contributed by atoms with Gasteiger partial charge in [0.1, 0.15) is 0 Å². The monoisotopic (exact) mass is 263 g/mol. The second-order valence-corrected chi connectivity index (χ2v) is 5.57. The van der Waals surface area contributed by atoms with Crippen molar-refractivity contribution < 1.29 is 9.90 Å². The number of hydrogen-bond acceptors (Lipinski definition) is 3. The maximum atomic E-state index is 10.6. The van der Waals surface area contributed by atoms with Crippen LogP contribution in [-0.4, -0.2) is 16.1 Å². The van der Waals surface area contributed by atoms with E-state index in [1.807, 2.05) is 19.2 Å². The van der Waals surface area contributed by atoms with Crippen LogP contribution in [0.5, 0.6) is 0 Å². The van der Waals surface area contributed by atoms with Gasteiger partial charge in [-0.05, 0) is 15.9 Å². The molecule has 1 rings (SSSR count). The Bertz CT molecular complexity index is 322. The number of thiazole rings is 1. The van der Waals surface area contributed by atoms with Crippen molar-refractivity contribution in [1.29, 1.82) is 0 Å². The average molecular weight is 264 g/mol. The largest absolute Gasteiger partial charge is 0.481 e. The highest BCUT2D eigenvalue weighted by molar-refractivity contribution is 9.11. The summed E-state index contributed by atoms with van der Waals surface area (Å²) >= 11 is 4.72. The molecular weight excluding hydrogens is 254 g/mol. The predicted octanol–water partition coefficient (Wildman–Crippen LogP) is 2.66. The lowest BCUT2D eigenvalue weighted by Gasteiger charge is -2.19. The first-order valence-electron chi connectivity index (χ1n) is 3.75. The van der Waals surface area contributed by atoms with Crippen molar-refractivity contribution in [2.75, 3.05) is 0 Å². The van der Waals surface area contributed by atoms with Crippen molar-refractivity contribution in [1.82, 2.24) is 4.98 Å². The molecule has 1 aromatic heterocycles. The van der Waals surface area contributed by atoms with E-state index in [1.54, 1.807) is 0 Å². The first kappa shape index (κ1) is 10.7. The smallest absolute Gasteiger partial charge is 0.304 e. The Morgan fingerprint density at radius 2 is 2.38 bits per heavy atom. The van der Waals surface area contributed by atoms with E-state index in [1.165, 1.54) is 11.3 Å². The summed E-state index contributed by atoms with van der Waals surface area (Å²) in [4.78, 5) is 14.8.